The van der Waals surface area contributed by atoms with Gasteiger partial charge in [0.15, 0.2) is 0 Å². The molecule has 0 aliphatic carbocycles. The smallest absolute Gasteiger partial charge is 0.443 e. The third-order valence-corrected chi connectivity index (χ3v) is 4.99. The van der Waals surface area contributed by atoms with Gasteiger partial charge in [0.2, 0.25) is 0 Å². The summed E-state index contributed by atoms with van der Waals surface area (Å²) < 4.78 is 22.1. The first kappa shape index (κ1) is 28.0. The summed E-state index contributed by atoms with van der Waals surface area (Å²) in [5.41, 5.74) is 18.6. The Bertz CT molecular complexity index is 907. The highest BCUT2D eigenvalue weighted by atomic mass is 16.7. The van der Waals surface area contributed by atoms with Gasteiger partial charge in [-0.15, -0.1) is 0 Å². The van der Waals surface area contributed by atoms with Crippen LogP contribution >= 0.6 is 0 Å². The van der Waals surface area contributed by atoms with Crippen LogP contribution in [0.3, 0.4) is 0 Å². The molecule has 1 amide bonds. The Balaban J connectivity index is 2.13. The number of hydrogen-bond donors (Lipinski definition) is 3. The van der Waals surface area contributed by atoms with E-state index >= 15 is 0 Å². The van der Waals surface area contributed by atoms with Crippen molar-refractivity contribution >= 4 is 12.2 Å². The Morgan fingerprint density at radius 2 is 1.66 bits per heavy atom. The summed E-state index contributed by atoms with van der Waals surface area (Å²) in [5.74, 6) is 0. The molecule has 35 heavy (non-hydrogen) atoms. The third-order valence-electron chi connectivity index (χ3n) is 4.99. The predicted octanol–water partition coefficient (Wildman–Crippen LogP) is 2.84. The van der Waals surface area contributed by atoms with Crippen molar-refractivity contribution in [1.29, 1.82) is 0 Å². The number of hydrogen-bond acceptors (Lipinski definition) is 9. The number of amides is 1. The average molecular weight is 489 g/mol. The molecule has 4 atom stereocenters. The number of primary amides is 1. The molecule has 10 nitrogen and oxygen atoms in total. The molecule has 0 saturated carbocycles. The summed E-state index contributed by atoms with van der Waals surface area (Å²) in [6.45, 7) is 5.21. The SMILES string of the molecule is CC(C)(C)OC(=O)OC(COC(CN)C(Cc1ccncc1)OC(N)=O)CC(N)c1ccccc1. The standard InChI is InChI=1S/C25H36N4O6/c1-25(2,3)35-24(31)33-19(14-20(27)18-7-5-4-6-8-18)16-32-22(15-26)21(34-23(28)30)13-17-9-11-29-12-10-17/h4-12,19-22H,13-16,26-27H2,1-3H3,(H2,28,30). The van der Waals surface area contributed by atoms with E-state index in [0.29, 0.717) is 6.42 Å². The van der Waals surface area contributed by atoms with Gasteiger partial charge in [0.25, 0.3) is 0 Å². The lowest BCUT2D eigenvalue weighted by Crippen LogP contribution is -2.43. The second kappa shape index (κ2) is 13.6. The number of ether oxygens (including phenoxy) is 4. The monoisotopic (exact) mass is 488 g/mol. The predicted molar refractivity (Wildman–Crippen MR) is 130 cm³/mol. The largest absolute Gasteiger partial charge is 0.509 e. The highest BCUT2D eigenvalue weighted by molar-refractivity contribution is 5.65. The maximum absolute atomic E-state index is 12.4. The molecular weight excluding hydrogens is 452 g/mol. The van der Waals surface area contributed by atoms with Gasteiger partial charge in [-0.3, -0.25) is 4.98 Å². The number of aromatic nitrogens is 1. The van der Waals surface area contributed by atoms with Crippen LogP contribution in [0, 0.1) is 0 Å². The minimum Gasteiger partial charge on any atom is -0.443 e. The molecule has 10 heteroatoms. The first-order chi connectivity index (χ1) is 16.6. The Hall–Kier alpha value is -3.21. The molecule has 0 radical (unpaired) electrons. The van der Waals surface area contributed by atoms with E-state index in [4.69, 9.17) is 36.1 Å². The lowest BCUT2D eigenvalue weighted by molar-refractivity contribution is -0.0856. The maximum atomic E-state index is 12.4. The molecule has 192 valence electrons. The molecule has 0 aliphatic rings. The van der Waals surface area contributed by atoms with Crippen molar-refractivity contribution in [2.24, 2.45) is 17.2 Å². The van der Waals surface area contributed by atoms with Crippen molar-refractivity contribution in [2.75, 3.05) is 13.2 Å². The number of carbonyl (C=O) groups excluding carboxylic acids is 2. The van der Waals surface area contributed by atoms with E-state index in [1.54, 1.807) is 45.3 Å². The Morgan fingerprint density at radius 3 is 2.23 bits per heavy atom. The molecule has 1 aromatic carbocycles. The molecule has 2 rings (SSSR count). The van der Waals surface area contributed by atoms with Gasteiger partial charge in [0.05, 0.1) is 6.61 Å². The van der Waals surface area contributed by atoms with Crippen molar-refractivity contribution in [3.8, 4) is 0 Å². The summed E-state index contributed by atoms with van der Waals surface area (Å²) in [6, 6.07) is 12.6. The second-order valence-electron chi connectivity index (χ2n) is 9.10. The minimum atomic E-state index is -0.946. The quantitative estimate of drug-likeness (QED) is 0.381. The Morgan fingerprint density at radius 1 is 1.00 bits per heavy atom. The van der Waals surface area contributed by atoms with Crippen LogP contribution in [-0.2, 0) is 25.4 Å². The van der Waals surface area contributed by atoms with Crippen molar-refractivity contribution in [2.45, 2.75) is 63.6 Å². The first-order valence-electron chi connectivity index (χ1n) is 11.4. The molecule has 4 unspecified atom stereocenters. The van der Waals surface area contributed by atoms with E-state index in [1.165, 1.54) is 0 Å². The third kappa shape index (κ3) is 10.7. The van der Waals surface area contributed by atoms with Crippen LogP contribution in [0.15, 0.2) is 54.9 Å². The van der Waals surface area contributed by atoms with E-state index in [0.717, 1.165) is 11.1 Å². The molecule has 0 bridgehead atoms. The molecule has 1 heterocycles. The molecule has 2 aromatic rings. The summed E-state index contributed by atoms with van der Waals surface area (Å²) in [6.07, 6.45) is -0.158. The van der Waals surface area contributed by atoms with Crippen LogP contribution in [0.25, 0.3) is 0 Å². The fourth-order valence-corrected chi connectivity index (χ4v) is 3.39. The summed E-state index contributed by atoms with van der Waals surface area (Å²) in [5, 5.41) is 0. The molecule has 0 fully saturated rings. The number of carbonyl (C=O) groups is 2. The lowest BCUT2D eigenvalue weighted by Gasteiger charge is -2.29. The number of rotatable bonds is 12. The second-order valence-corrected chi connectivity index (χ2v) is 9.10. The van der Waals surface area contributed by atoms with Gasteiger partial charge in [0, 0.05) is 37.8 Å². The zero-order valence-corrected chi connectivity index (χ0v) is 20.5. The maximum Gasteiger partial charge on any atom is 0.509 e. The van der Waals surface area contributed by atoms with E-state index in [9.17, 15) is 9.59 Å². The number of nitrogens with zero attached hydrogens (tertiary/aromatic N) is 1. The van der Waals surface area contributed by atoms with Crippen LogP contribution in [0.1, 0.15) is 44.4 Å². The van der Waals surface area contributed by atoms with E-state index in [-0.39, 0.29) is 19.6 Å². The average Bonchev–Trinajstić information content (AvgIpc) is 2.78. The number of pyridine rings is 1. The van der Waals surface area contributed by atoms with Crippen LogP contribution in [0.5, 0.6) is 0 Å². The highest BCUT2D eigenvalue weighted by Crippen LogP contribution is 2.20. The van der Waals surface area contributed by atoms with Crippen molar-refractivity contribution < 1.29 is 28.5 Å². The van der Waals surface area contributed by atoms with Crippen molar-refractivity contribution in [3.05, 3.63) is 66.0 Å². The lowest BCUT2D eigenvalue weighted by atomic mass is 10.0. The van der Waals surface area contributed by atoms with Gasteiger partial charge in [0.1, 0.15) is 23.9 Å². The Labute approximate surface area is 206 Å². The van der Waals surface area contributed by atoms with Gasteiger partial charge < -0.3 is 36.1 Å². The zero-order chi connectivity index (χ0) is 25.8. The minimum absolute atomic E-state index is 0.0346. The van der Waals surface area contributed by atoms with Crippen LogP contribution < -0.4 is 17.2 Å². The van der Waals surface area contributed by atoms with E-state index < -0.39 is 42.2 Å². The van der Waals surface area contributed by atoms with Gasteiger partial charge in [-0.05, 0) is 44.0 Å². The number of nitrogens with two attached hydrogens (primary N) is 3. The summed E-state index contributed by atoms with van der Waals surface area (Å²) in [7, 11) is 0. The molecular formula is C25H36N4O6. The topological polar surface area (TPSA) is 162 Å². The summed E-state index contributed by atoms with van der Waals surface area (Å²) >= 11 is 0. The van der Waals surface area contributed by atoms with Crippen molar-refractivity contribution in [3.63, 3.8) is 0 Å². The first-order valence-corrected chi connectivity index (χ1v) is 11.4. The molecule has 0 aliphatic heterocycles. The fraction of sp³-hybridized carbons (Fsp3) is 0.480. The van der Waals surface area contributed by atoms with Gasteiger partial charge in [-0.1, -0.05) is 30.3 Å². The molecule has 0 spiro atoms. The molecule has 0 saturated heterocycles. The Kier molecular flexibility index (Phi) is 10.9. The van der Waals surface area contributed by atoms with Gasteiger partial charge in [-0.25, -0.2) is 9.59 Å². The molecule has 1 aromatic heterocycles. The molecule has 6 N–H and O–H groups in total. The van der Waals surface area contributed by atoms with Crippen LogP contribution in [-0.4, -0.2) is 54.3 Å². The van der Waals surface area contributed by atoms with Crippen molar-refractivity contribution in [1.82, 2.24) is 4.98 Å². The van der Waals surface area contributed by atoms with Crippen LogP contribution in [0.2, 0.25) is 0 Å². The zero-order valence-electron chi connectivity index (χ0n) is 20.5. The number of benzene rings is 1. The fourth-order valence-electron chi connectivity index (χ4n) is 3.39. The normalized spacial score (nSPS) is 14.9. The van der Waals surface area contributed by atoms with E-state index in [1.807, 2.05) is 30.3 Å². The van der Waals surface area contributed by atoms with Crippen LogP contribution in [0.4, 0.5) is 9.59 Å². The van der Waals surface area contributed by atoms with Gasteiger partial charge >= 0.3 is 12.2 Å². The van der Waals surface area contributed by atoms with Gasteiger partial charge in [-0.2, -0.15) is 0 Å². The van der Waals surface area contributed by atoms with E-state index in [2.05, 4.69) is 4.98 Å². The summed E-state index contributed by atoms with van der Waals surface area (Å²) in [4.78, 5) is 27.9. The highest BCUT2D eigenvalue weighted by Gasteiger charge is 2.29.